The van der Waals surface area contributed by atoms with Crippen LogP contribution in [-0.2, 0) is 0 Å². The first-order chi connectivity index (χ1) is 29.3. The molecule has 0 spiro atoms. The van der Waals surface area contributed by atoms with Crippen molar-refractivity contribution in [2.75, 3.05) is 0 Å². The summed E-state index contributed by atoms with van der Waals surface area (Å²) in [4.78, 5) is 0. The quantitative estimate of drug-likeness (QED) is 0.171. The monoisotopic (exact) mass is 771 g/mol. The lowest BCUT2D eigenvalue weighted by molar-refractivity contribution is 0.495. The lowest BCUT2D eigenvalue weighted by Crippen LogP contribution is -1.95. The molecule has 4 nitrogen and oxygen atoms in total. The van der Waals surface area contributed by atoms with Crippen LogP contribution in [0.1, 0.15) is 0 Å². The number of ether oxygens (including phenoxy) is 1. The Labute approximate surface area is 342 Å². The Hall–Kier alpha value is -7.60. The van der Waals surface area contributed by atoms with E-state index in [-0.39, 0.29) is 0 Å². The molecule has 276 valence electrons. The number of fused-ring (bicyclic) bond motifs is 12. The molecule has 0 aliphatic heterocycles. The first-order valence-corrected chi connectivity index (χ1v) is 20.8. The van der Waals surface area contributed by atoms with E-state index in [9.17, 15) is 0 Å². The zero-order valence-electron chi connectivity index (χ0n) is 31.7. The van der Waals surface area contributed by atoms with E-state index in [4.69, 9.17) is 4.74 Å². The van der Waals surface area contributed by atoms with Crippen molar-refractivity contribution < 1.29 is 4.74 Å². The minimum absolute atomic E-state index is 0.828. The number of rotatable bonds is 5. The Morgan fingerprint density at radius 3 is 1.41 bits per heavy atom. The van der Waals surface area contributed by atoms with Gasteiger partial charge in [0.1, 0.15) is 11.5 Å². The van der Waals surface area contributed by atoms with Gasteiger partial charge in [0.05, 0.1) is 43.9 Å². The molecular weight excluding hydrogens is 739 g/mol. The number of hydrogen-bond acceptors (Lipinski definition) is 2. The van der Waals surface area contributed by atoms with Crippen LogP contribution < -0.4 is 4.74 Å². The van der Waals surface area contributed by atoms with E-state index in [1.807, 2.05) is 11.3 Å². The Morgan fingerprint density at radius 2 is 0.746 bits per heavy atom. The van der Waals surface area contributed by atoms with Crippen LogP contribution in [0.2, 0.25) is 0 Å². The highest BCUT2D eigenvalue weighted by molar-refractivity contribution is 7.25. The number of aromatic nitrogens is 3. The molecule has 4 aromatic heterocycles. The molecule has 0 aliphatic rings. The number of para-hydroxylation sites is 4. The molecule has 0 N–H and O–H groups in total. The van der Waals surface area contributed by atoms with Gasteiger partial charge in [-0.1, -0.05) is 103 Å². The summed E-state index contributed by atoms with van der Waals surface area (Å²) < 4.78 is 16.9. The van der Waals surface area contributed by atoms with E-state index in [1.165, 1.54) is 42.0 Å². The van der Waals surface area contributed by atoms with Gasteiger partial charge in [-0.05, 0) is 97.1 Å². The number of thiophene rings is 1. The van der Waals surface area contributed by atoms with Gasteiger partial charge in [0.25, 0.3) is 0 Å². The van der Waals surface area contributed by atoms with E-state index in [0.29, 0.717) is 0 Å². The topological polar surface area (TPSA) is 24.0 Å². The smallest absolute Gasteiger partial charge is 0.137 e. The highest BCUT2D eigenvalue weighted by Crippen LogP contribution is 2.45. The maximum Gasteiger partial charge on any atom is 0.137 e. The molecule has 13 aromatic rings. The summed E-state index contributed by atoms with van der Waals surface area (Å²) in [7, 11) is 0. The third-order valence-electron chi connectivity index (χ3n) is 12.1. The fourth-order valence-corrected chi connectivity index (χ4v) is 10.7. The highest BCUT2D eigenvalue weighted by atomic mass is 32.1. The second kappa shape index (κ2) is 12.4. The van der Waals surface area contributed by atoms with Crippen LogP contribution in [0.3, 0.4) is 0 Å². The number of nitrogens with zero attached hydrogens (tertiary/aromatic N) is 3. The van der Waals surface area contributed by atoms with Crippen LogP contribution in [0.5, 0.6) is 11.5 Å². The number of hydrogen-bond donors (Lipinski definition) is 0. The molecule has 0 saturated carbocycles. The van der Waals surface area contributed by atoms with Crippen molar-refractivity contribution in [3.8, 4) is 28.6 Å². The molecule has 0 unspecified atom stereocenters. The van der Waals surface area contributed by atoms with E-state index in [0.717, 1.165) is 72.2 Å². The lowest BCUT2D eigenvalue weighted by Gasteiger charge is -2.12. The molecule has 0 amide bonds. The molecule has 0 saturated heterocycles. The Bertz CT molecular complexity index is 3830. The second-order valence-corrected chi connectivity index (χ2v) is 16.4. The van der Waals surface area contributed by atoms with Crippen LogP contribution in [0, 0.1) is 0 Å². The normalized spacial score (nSPS) is 12.1. The van der Waals surface area contributed by atoms with Gasteiger partial charge >= 0.3 is 0 Å². The third-order valence-corrected chi connectivity index (χ3v) is 13.2. The van der Waals surface area contributed by atoms with Gasteiger partial charge < -0.3 is 18.4 Å². The highest BCUT2D eigenvalue weighted by Gasteiger charge is 2.21. The van der Waals surface area contributed by atoms with Crippen molar-refractivity contribution in [3.05, 3.63) is 200 Å². The fourth-order valence-electron chi connectivity index (χ4n) is 9.63. The van der Waals surface area contributed by atoms with Crippen LogP contribution in [0.15, 0.2) is 200 Å². The maximum atomic E-state index is 7.19. The summed E-state index contributed by atoms with van der Waals surface area (Å²) in [6.07, 6.45) is 0. The summed E-state index contributed by atoms with van der Waals surface area (Å²) in [5.74, 6) is 1.66. The Kier molecular flexibility index (Phi) is 6.85. The van der Waals surface area contributed by atoms with E-state index in [2.05, 4.69) is 214 Å². The van der Waals surface area contributed by atoms with Crippen LogP contribution in [-0.4, -0.2) is 13.7 Å². The van der Waals surface area contributed by atoms with E-state index in [1.54, 1.807) is 0 Å². The van der Waals surface area contributed by atoms with Crippen molar-refractivity contribution in [2.24, 2.45) is 0 Å². The molecular formula is C54H33N3OS. The standard InChI is InChI=1S/C54H33N3OS/c1-2-14-34(15-3-1)55-43-20-8-4-16-37(43)41-32-35(28-30-46(41)55)56-44-21-9-5-18-39(44)53-47(56)23-12-25-49(53)58-50-26-13-24-48-54(50)40-19-6-10-22-45(40)57(48)36-29-31-52-42(33-36)38-17-7-11-27-51(38)59-52/h1-33H. The molecule has 0 fully saturated rings. The van der Waals surface area contributed by atoms with Gasteiger partial charge in [-0.3, -0.25) is 0 Å². The maximum absolute atomic E-state index is 7.19. The molecule has 0 aliphatic carbocycles. The summed E-state index contributed by atoms with van der Waals surface area (Å²) in [6.45, 7) is 0. The van der Waals surface area contributed by atoms with Gasteiger partial charge in [0, 0.05) is 58.8 Å². The second-order valence-electron chi connectivity index (χ2n) is 15.3. The Balaban J connectivity index is 0.996. The molecule has 4 heterocycles. The summed E-state index contributed by atoms with van der Waals surface area (Å²) in [6, 6.07) is 72.1. The van der Waals surface area contributed by atoms with Crippen molar-refractivity contribution in [2.45, 2.75) is 0 Å². The van der Waals surface area contributed by atoms with Gasteiger partial charge in [-0.15, -0.1) is 11.3 Å². The average molecular weight is 772 g/mol. The predicted octanol–water partition coefficient (Wildman–Crippen LogP) is 15.1. The largest absolute Gasteiger partial charge is 0.456 e. The van der Waals surface area contributed by atoms with Crippen LogP contribution >= 0.6 is 11.3 Å². The van der Waals surface area contributed by atoms with Gasteiger partial charge in [0.15, 0.2) is 0 Å². The number of benzene rings is 9. The van der Waals surface area contributed by atoms with Crippen LogP contribution in [0.25, 0.3) is 103 Å². The minimum Gasteiger partial charge on any atom is -0.456 e. The molecule has 0 bridgehead atoms. The molecule has 5 heteroatoms. The fraction of sp³-hybridized carbons (Fsp3) is 0. The molecule has 13 rings (SSSR count). The molecule has 0 atom stereocenters. The van der Waals surface area contributed by atoms with Crippen molar-refractivity contribution in [1.29, 1.82) is 0 Å². The van der Waals surface area contributed by atoms with Gasteiger partial charge in [-0.25, -0.2) is 0 Å². The summed E-state index contributed by atoms with van der Waals surface area (Å²) in [5, 5.41) is 9.52. The SMILES string of the molecule is c1ccc(-n2c3ccccc3c3cc(-n4c5ccccc5c5c(Oc6cccc7c6c6ccccc6n7-c6ccc7sc8ccccc8c7c6)cccc54)ccc32)cc1. The zero-order chi connectivity index (χ0) is 38.6. The third kappa shape index (κ3) is 4.71. The predicted molar refractivity (Wildman–Crippen MR) is 249 cm³/mol. The van der Waals surface area contributed by atoms with E-state index >= 15 is 0 Å². The van der Waals surface area contributed by atoms with Crippen molar-refractivity contribution >= 4 is 96.9 Å². The van der Waals surface area contributed by atoms with Crippen molar-refractivity contribution in [3.63, 3.8) is 0 Å². The van der Waals surface area contributed by atoms with E-state index < -0.39 is 0 Å². The molecule has 9 aromatic carbocycles. The zero-order valence-corrected chi connectivity index (χ0v) is 32.5. The first kappa shape index (κ1) is 32.5. The van der Waals surface area contributed by atoms with Crippen molar-refractivity contribution in [1.82, 2.24) is 13.7 Å². The first-order valence-electron chi connectivity index (χ1n) is 20.0. The summed E-state index contributed by atoms with van der Waals surface area (Å²) in [5.41, 5.74) is 10.3. The van der Waals surface area contributed by atoms with Crippen LogP contribution in [0.4, 0.5) is 0 Å². The lowest BCUT2D eigenvalue weighted by atomic mass is 10.1. The van der Waals surface area contributed by atoms with Gasteiger partial charge in [0.2, 0.25) is 0 Å². The Morgan fingerprint density at radius 1 is 0.288 bits per heavy atom. The summed E-state index contributed by atoms with van der Waals surface area (Å²) >= 11 is 1.85. The van der Waals surface area contributed by atoms with Gasteiger partial charge in [-0.2, -0.15) is 0 Å². The minimum atomic E-state index is 0.828. The molecule has 0 radical (unpaired) electrons. The molecule has 59 heavy (non-hydrogen) atoms. The average Bonchev–Trinajstić information content (AvgIpc) is 4.03.